The number of likely N-dealkylation sites (N-methyl/N-ethyl adjacent to an activating group) is 1. The number of carbonyl (C=O) groups excluding carboxylic acids is 2. The molecule has 0 saturated heterocycles. The van der Waals surface area contributed by atoms with E-state index < -0.39 is 24.1 Å². The molecule has 23 heavy (non-hydrogen) atoms. The Bertz CT molecular complexity index is 517. The Kier molecular flexibility index (Phi) is 6.40. The predicted octanol–water partition coefficient (Wildman–Crippen LogP) is 1.58. The molecule has 1 saturated carbocycles. The van der Waals surface area contributed by atoms with E-state index in [0.717, 1.165) is 24.8 Å². The molecule has 0 radical (unpaired) electrons. The molecule has 1 aliphatic rings. The molecule has 3 N–H and O–H groups in total. The van der Waals surface area contributed by atoms with Gasteiger partial charge in [0.25, 0.3) is 5.91 Å². The molecule has 2 atom stereocenters. The quantitative estimate of drug-likeness (QED) is 0.712. The van der Waals surface area contributed by atoms with E-state index in [4.69, 9.17) is 4.74 Å². The average Bonchev–Trinajstić information content (AvgIpc) is 2.54. The van der Waals surface area contributed by atoms with Gasteiger partial charge in [-0.3, -0.25) is 4.79 Å². The maximum absolute atomic E-state index is 12.0. The molecule has 126 valence electrons. The lowest BCUT2D eigenvalue weighted by atomic mass is 9.80. The molecule has 0 unspecified atom stereocenters. The molecular weight excluding hydrogens is 296 g/mol. The van der Waals surface area contributed by atoms with Crippen molar-refractivity contribution in [1.82, 2.24) is 10.6 Å². The summed E-state index contributed by atoms with van der Waals surface area (Å²) in [4.78, 5) is 23.6. The number of rotatable bonds is 7. The van der Waals surface area contributed by atoms with E-state index in [-0.39, 0.29) is 6.61 Å². The number of alkyl carbamates (subject to hydrolysis) is 1. The van der Waals surface area contributed by atoms with E-state index in [1.165, 1.54) is 7.05 Å². The molecule has 1 aromatic carbocycles. The minimum absolute atomic E-state index is 0.152. The SMILES string of the molecule is CNC(=O)[C@H](O)[C@@H](CC1CCC1)NC(=O)OCc1ccccc1. The summed E-state index contributed by atoms with van der Waals surface area (Å²) in [7, 11) is 1.46. The second-order valence-corrected chi connectivity index (χ2v) is 5.90. The minimum Gasteiger partial charge on any atom is -0.445 e. The topological polar surface area (TPSA) is 87.7 Å². The lowest BCUT2D eigenvalue weighted by Gasteiger charge is -2.31. The van der Waals surface area contributed by atoms with Gasteiger partial charge in [-0.25, -0.2) is 4.79 Å². The van der Waals surface area contributed by atoms with Gasteiger partial charge in [-0.1, -0.05) is 49.6 Å². The zero-order valence-corrected chi connectivity index (χ0v) is 13.3. The summed E-state index contributed by atoms with van der Waals surface area (Å²) in [6.45, 7) is 0.152. The first-order valence-electron chi connectivity index (χ1n) is 7.97. The van der Waals surface area contributed by atoms with Crippen molar-refractivity contribution in [3.05, 3.63) is 35.9 Å². The van der Waals surface area contributed by atoms with Gasteiger partial charge in [-0.2, -0.15) is 0 Å². The summed E-state index contributed by atoms with van der Waals surface area (Å²) in [6, 6.07) is 8.70. The highest BCUT2D eigenvalue weighted by Crippen LogP contribution is 2.31. The number of aliphatic hydroxyl groups is 1. The molecule has 0 heterocycles. The molecule has 0 aromatic heterocycles. The number of carbonyl (C=O) groups is 2. The minimum atomic E-state index is -1.27. The lowest BCUT2D eigenvalue weighted by molar-refractivity contribution is -0.130. The van der Waals surface area contributed by atoms with E-state index in [1.54, 1.807) is 0 Å². The van der Waals surface area contributed by atoms with E-state index in [9.17, 15) is 14.7 Å². The largest absolute Gasteiger partial charge is 0.445 e. The summed E-state index contributed by atoms with van der Waals surface area (Å²) in [5.74, 6) is -0.0635. The smallest absolute Gasteiger partial charge is 0.407 e. The van der Waals surface area contributed by atoms with Crippen molar-refractivity contribution in [3.8, 4) is 0 Å². The summed E-state index contributed by atoms with van der Waals surface area (Å²) < 4.78 is 5.16. The van der Waals surface area contributed by atoms with Crippen LogP contribution < -0.4 is 10.6 Å². The molecule has 6 heteroatoms. The molecule has 1 aliphatic carbocycles. The van der Waals surface area contributed by atoms with Crippen molar-refractivity contribution in [2.24, 2.45) is 5.92 Å². The molecule has 2 rings (SSSR count). The highest BCUT2D eigenvalue weighted by atomic mass is 16.5. The normalized spacial score (nSPS) is 16.8. The van der Waals surface area contributed by atoms with Crippen LogP contribution in [-0.2, 0) is 16.1 Å². The maximum atomic E-state index is 12.0. The van der Waals surface area contributed by atoms with Gasteiger partial charge in [-0.15, -0.1) is 0 Å². The van der Waals surface area contributed by atoms with Crippen LogP contribution in [0.25, 0.3) is 0 Å². The number of nitrogens with one attached hydrogen (secondary N) is 2. The number of hydrogen-bond acceptors (Lipinski definition) is 4. The molecule has 0 spiro atoms. The van der Waals surface area contributed by atoms with Gasteiger partial charge in [0, 0.05) is 7.05 Å². The highest BCUT2D eigenvalue weighted by Gasteiger charge is 2.31. The van der Waals surface area contributed by atoms with Crippen LogP contribution in [0.1, 0.15) is 31.2 Å². The summed E-state index contributed by atoms with van der Waals surface area (Å²) in [6.07, 6.45) is 1.97. The molecule has 0 bridgehead atoms. The maximum Gasteiger partial charge on any atom is 0.407 e. The number of ether oxygens (including phenoxy) is 1. The summed E-state index contributed by atoms with van der Waals surface area (Å²) >= 11 is 0. The van der Waals surface area contributed by atoms with Crippen LogP contribution in [0.15, 0.2) is 30.3 Å². The highest BCUT2D eigenvalue weighted by molar-refractivity contribution is 5.81. The molecule has 1 fully saturated rings. The van der Waals surface area contributed by atoms with E-state index in [2.05, 4.69) is 10.6 Å². The Morgan fingerprint density at radius 2 is 2.00 bits per heavy atom. The first-order valence-corrected chi connectivity index (χ1v) is 7.97. The third-order valence-electron chi connectivity index (χ3n) is 4.22. The van der Waals surface area contributed by atoms with Crippen LogP contribution in [0, 0.1) is 5.92 Å². The van der Waals surface area contributed by atoms with Crippen molar-refractivity contribution < 1.29 is 19.4 Å². The molecule has 2 amide bonds. The van der Waals surface area contributed by atoms with Crippen molar-refractivity contribution in [2.45, 2.75) is 44.4 Å². The van der Waals surface area contributed by atoms with Gasteiger partial charge in [0.05, 0.1) is 6.04 Å². The number of amides is 2. The third kappa shape index (κ3) is 5.25. The Labute approximate surface area is 136 Å². The fourth-order valence-corrected chi connectivity index (χ4v) is 2.60. The molecule has 1 aromatic rings. The Balaban J connectivity index is 1.87. The van der Waals surface area contributed by atoms with Crippen LogP contribution in [0.5, 0.6) is 0 Å². The van der Waals surface area contributed by atoms with Crippen molar-refractivity contribution in [3.63, 3.8) is 0 Å². The second kappa shape index (κ2) is 8.53. The van der Waals surface area contributed by atoms with Crippen molar-refractivity contribution >= 4 is 12.0 Å². The predicted molar refractivity (Wildman–Crippen MR) is 85.6 cm³/mol. The monoisotopic (exact) mass is 320 g/mol. The third-order valence-corrected chi connectivity index (χ3v) is 4.22. The van der Waals surface area contributed by atoms with Gasteiger partial charge in [0.1, 0.15) is 6.61 Å². The zero-order chi connectivity index (χ0) is 16.7. The summed E-state index contributed by atoms with van der Waals surface area (Å²) in [5.41, 5.74) is 0.880. The Morgan fingerprint density at radius 3 is 2.57 bits per heavy atom. The second-order valence-electron chi connectivity index (χ2n) is 5.90. The number of hydrogen-bond donors (Lipinski definition) is 3. The van der Waals surface area contributed by atoms with E-state index in [0.29, 0.717) is 12.3 Å². The number of benzene rings is 1. The van der Waals surface area contributed by atoms with Gasteiger partial charge >= 0.3 is 6.09 Å². The fraction of sp³-hybridized carbons (Fsp3) is 0.529. The molecule has 0 aliphatic heterocycles. The molecule has 6 nitrogen and oxygen atoms in total. The summed E-state index contributed by atoms with van der Waals surface area (Å²) in [5, 5.41) is 15.1. The van der Waals surface area contributed by atoms with Crippen LogP contribution in [0.3, 0.4) is 0 Å². The van der Waals surface area contributed by atoms with E-state index in [1.807, 2.05) is 30.3 Å². The van der Waals surface area contributed by atoms with E-state index >= 15 is 0 Å². The van der Waals surface area contributed by atoms with Crippen LogP contribution in [-0.4, -0.2) is 36.3 Å². The standard InChI is InChI=1S/C17H24N2O4/c1-18-16(21)15(20)14(10-12-8-5-9-12)19-17(22)23-11-13-6-3-2-4-7-13/h2-4,6-7,12,14-15,20H,5,8-11H2,1H3,(H,18,21)(H,19,22)/t14-,15-/m1/s1. The number of aliphatic hydroxyl groups excluding tert-OH is 1. The van der Waals surface area contributed by atoms with Crippen LogP contribution in [0.4, 0.5) is 4.79 Å². The first-order chi connectivity index (χ1) is 11.1. The van der Waals surface area contributed by atoms with Gasteiger partial charge in [0.15, 0.2) is 6.10 Å². The lowest BCUT2D eigenvalue weighted by Crippen LogP contribution is -2.51. The van der Waals surface area contributed by atoms with Gasteiger partial charge < -0.3 is 20.5 Å². The van der Waals surface area contributed by atoms with Crippen molar-refractivity contribution in [1.29, 1.82) is 0 Å². The Morgan fingerprint density at radius 1 is 1.30 bits per heavy atom. The van der Waals surface area contributed by atoms with Crippen LogP contribution in [0.2, 0.25) is 0 Å². The van der Waals surface area contributed by atoms with Crippen LogP contribution >= 0.6 is 0 Å². The first kappa shape index (κ1) is 17.3. The average molecular weight is 320 g/mol. The molecular formula is C17H24N2O4. The Hall–Kier alpha value is -2.08. The van der Waals surface area contributed by atoms with Gasteiger partial charge in [0.2, 0.25) is 0 Å². The fourth-order valence-electron chi connectivity index (χ4n) is 2.60. The zero-order valence-electron chi connectivity index (χ0n) is 13.3. The van der Waals surface area contributed by atoms with Gasteiger partial charge in [-0.05, 0) is 17.9 Å². The van der Waals surface area contributed by atoms with Crippen molar-refractivity contribution in [2.75, 3.05) is 7.05 Å².